The van der Waals surface area contributed by atoms with Crippen molar-refractivity contribution < 1.29 is 4.79 Å². The first-order chi connectivity index (χ1) is 10.7. The number of aromatic amines is 1. The third-order valence-electron chi connectivity index (χ3n) is 3.24. The number of fused-ring (bicyclic) bond motifs is 1. The predicted octanol–water partition coefficient (Wildman–Crippen LogP) is 2.40. The molecule has 2 aromatic rings. The van der Waals surface area contributed by atoms with Gasteiger partial charge in [-0.15, -0.1) is 0 Å². The van der Waals surface area contributed by atoms with E-state index in [1.807, 2.05) is 26.0 Å². The Morgan fingerprint density at radius 1 is 1.32 bits per heavy atom. The van der Waals surface area contributed by atoms with Gasteiger partial charge < -0.3 is 9.88 Å². The smallest absolute Gasteiger partial charge is 0.258 e. The van der Waals surface area contributed by atoms with Crippen molar-refractivity contribution in [2.75, 3.05) is 6.54 Å². The van der Waals surface area contributed by atoms with Gasteiger partial charge in [-0.3, -0.25) is 9.59 Å². The highest BCUT2D eigenvalue weighted by Crippen LogP contribution is 2.07. The molecule has 0 atom stereocenters. The summed E-state index contributed by atoms with van der Waals surface area (Å²) in [7, 11) is 0. The molecule has 0 saturated carbocycles. The number of amides is 1. The van der Waals surface area contributed by atoms with Crippen LogP contribution in [0.1, 0.15) is 19.7 Å². The molecule has 1 aromatic heterocycles. The highest BCUT2D eigenvalue weighted by Gasteiger charge is 2.11. The summed E-state index contributed by atoms with van der Waals surface area (Å²) in [6.07, 6.45) is 6.84. The lowest BCUT2D eigenvalue weighted by molar-refractivity contribution is -0.126. The van der Waals surface area contributed by atoms with E-state index in [-0.39, 0.29) is 18.0 Å². The molecule has 1 amide bonds. The second-order valence-electron chi connectivity index (χ2n) is 4.77. The van der Waals surface area contributed by atoms with Gasteiger partial charge in [0.05, 0.1) is 17.4 Å². The zero-order valence-corrected chi connectivity index (χ0v) is 12.7. The maximum absolute atomic E-state index is 12.1. The van der Waals surface area contributed by atoms with E-state index >= 15 is 0 Å². The average Bonchev–Trinajstić information content (AvgIpc) is 2.52. The van der Waals surface area contributed by atoms with E-state index in [1.165, 1.54) is 6.08 Å². The number of carbonyl (C=O) groups is 1. The van der Waals surface area contributed by atoms with Crippen LogP contribution in [-0.4, -0.2) is 27.3 Å². The Hall–Kier alpha value is -2.69. The molecule has 1 aromatic carbocycles. The number of allylic oxidation sites excluding steroid dienone is 3. The number of H-pyrrole nitrogens is 1. The van der Waals surface area contributed by atoms with E-state index < -0.39 is 0 Å². The Labute approximate surface area is 129 Å². The fourth-order valence-electron chi connectivity index (χ4n) is 2.09. The fourth-order valence-corrected chi connectivity index (χ4v) is 2.09. The summed E-state index contributed by atoms with van der Waals surface area (Å²) in [5.74, 6) is 0.370. The Bertz CT molecular complexity index is 775. The molecule has 0 aliphatic heterocycles. The van der Waals surface area contributed by atoms with Crippen LogP contribution in [0, 0.1) is 0 Å². The second-order valence-corrected chi connectivity index (χ2v) is 4.77. The molecule has 114 valence electrons. The van der Waals surface area contributed by atoms with Crippen LogP contribution in [0.4, 0.5) is 0 Å². The molecule has 0 fully saturated rings. The van der Waals surface area contributed by atoms with Crippen molar-refractivity contribution >= 4 is 16.8 Å². The SMILES string of the molecule is C/C=C/C=C/C(=O)N(CC)Cc1nc2ccccc2c(=O)[nH]1. The molecule has 1 N–H and O–H groups in total. The van der Waals surface area contributed by atoms with Gasteiger partial charge in [-0.25, -0.2) is 4.98 Å². The minimum atomic E-state index is -0.187. The number of aromatic nitrogens is 2. The molecular weight excluding hydrogens is 278 g/mol. The summed E-state index contributed by atoms with van der Waals surface area (Å²) in [4.78, 5) is 32.9. The number of para-hydroxylation sites is 1. The van der Waals surface area contributed by atoms with Crippen LogP contribution in [0.2, 0.25) is 0 Å². The average molecular weight is 297 g/mol. The Morgan fingerprint density at radius 2 is 2.09 bits per heavy atom. The van der Waals surface area contributed by atoms with E-state index in [4.69, 9.17) is 0 Å². The molecule has 0 aliphatic carbocycles. The molecule has 0 spiro atoms. The first-order valence-corrected chi connectivity index (χ1v) is 7.22. The van der Waals surface area contributed by atoms with Crippen LogP contribution in [0.5, 0.6) is 0 Å². The van der Waals surface area contributed by atoms with Crippen LogP contribution >= 0.6 is 0 Å². The van der Waals surface area contributed by atoms with Crippen LogP contribution in [-0.2, 0) is 11.3 Å². The van der Waals surface area contributed by atoms with Gasteiger partial charge in [-0.05, 0) is 26.0 Å². The number of nitrogens with zero attached hydrogens (tertiary/aromatic N) is 2. The normalized spacial score (nSPS) is 11.5. The van der Waals surface area contributed by atoms with Gasteiger partial charge in [-0.2, -0.15) is 0 Å². The first kappa shape index (κ1) is 15.7. The number of likely N-dealkylation sites (N-methyl/N-ethyl adjacent to an activating group) is 1. The van der Waals surface area contributed by atoms with Crippen molar-refractivity contribution in [1.82, 2.24) is 14.9 Å². The molecular formula is C17H19N3O2. The molecule has 0 saturated heterocycles. The van der Waals surface area contributed by atoms with Crippen LogP contribution in [0.25, 0.3) is 10.9 Å². The van der Waals surface area contributed by atoms with E-state index in [0.717, 1.165) is 0 Å². The van der Waals surface area contributed by atoms with Gasteiger partial charge in [0.25, 0.3) is 5.56 Å². The van der Waals surface area contributed by atoms with Crippen LogP contribution < -0.4 is 5.56 Å². The van der Waals surface area contributed by atoms with Crippen molar-refractivity contribution in [1.29, 1.82) is 0 Å². The Morgan fingerprint density at radius 3 is 2.82 bits per heavy atom. The molecule has 0 unspecified atom stereocenters. The topological polar surface area (TPSA) is 66.1 Å². The van der Waals surface area contributed by atoms with E-state index in [1.54, 1.807) is 35.3 Å². The van der Waals surface area contributed by atoms with Gasteiger partial charge in [0.2, 0.25) is 5.91 Å². The largest absolute Gasteiger partial charge is 0.332 e. The number of hydrogen-bond donors (Lipinski definition) is 1. The molecule has 0 aliphatic rings. The van der Waals surface area contributed by atoms with Gasteiger partial charge in [-0.1, -0.05) is 30.4 Å². The fraction of sp³-hybridized carbons (Fsp3) is 0.235. The standard InChI is InChI=1S/C17H19N3O2/c1-3-5-6-11-16(21)20(4-2)12-15-18-14-10-8-7-9-13(14)17(22)19-15/h3,5-11H,4,12H2,1-2H3,(H,18,19,22)/b5-3+,11-6+. The summed E-state index contributed by atoms with van der Waals surface area (Å²) in [5.41, 5.74) is 0.447. The number of carbonyl (C=O) groups excluding carboxylic acids is 1. The summed E-state index contributed by atoms with van der Waals surface area (Å²) in [6.45, 7) is 4.59. The zero-order valence-electron chi connectivity index (χ0n) is 12.7. The van der Waals surface area contributed by atoms with Gasteiger partial charge >= 0.3 is 0 Å². The van der Waals surface area contributed by atoms with E-state index in [0.29, 0.717) is 23.3 Å². The highest BCUT2D eigenvalue weighted by molar-refractivity contribution is 5.87. The van der Waals surface area contributed by atoms with Gasteiger partial charge in [0.1, 0.15) is 5.82 Å². The lowest BCUT2D eigenvalue weighted by Crippen LogP contribution is -2.30. The van der Waals surface area contributed by atoms with Crippen LogP contribution in [0.15, 0.2) is 53.4 Å². The van der Waals surface area contributed by atoms with Crippen molar-refractivity contribution in [2.45, 2.75) is 20.4 Å². The second kappa shape index (κ2) is 7.36. The molecule has 22 heavy (non-hydrogen) atoms. The summed E-state index contributed by atoms with van der Waals surface area (Å²) in [6, 6.07) is 7.15. The van der Waals surface area contributed by atoms with Gasteiger partial charge in [0.15, 0.2) is 0 Å². The van der Waals surface area contributed by atoms with Crippen molar-refractivity contribution in [3.8, 4) is 0 Å². The molecule has 0 radical (unpaired) electrons. The van der Waals surface area contributed by atoms with Crippen molar-refractivity contribution in [3.63, 3.8) is 0 Å². The lowest BCUT2D eigenvalue weighted by atomic mass is 10.2. The third kappa shape index (κ3) is 3.69. The first-order valence-electron chi connectivity index (χ1n) is 7.22. The molecule has 2 rings (SSSR count). The molecule has 1 heterocycles. The quantitative estimate of drug-likeness (QED) is 0.681. The molecule has 5 nitrogen and oxygen atoms in total. The van der Waals surface area contributed by atoms with E-state index in [2.05, 4.69) is 9.97 Å². The summed E-state index contributed by atoms with van der Waals surface area (Å²) < 4.78 is 0. The minimum Gasteiger partial charge on any atom is -0.332 e. The van der Waals surface area contributed by atoms with Crippen molar-refractivity contribution in [2.24, 2.45) is 0 Å². The Balaban J connectivity index is 2.24. The third-order valence-corrected chi connectivity index (χ3v) is 3.24. The maximum atomic E-state index is 12.1. The maximum Gasteiger partial charge on any atom is 0.258 e. The number of nitrogens with one attached hydrogen (secondary N) is 1. The zero-order chi connectivity index (χ0) is 15.9. The monoisotopic (exact) mass is 297 g/mol. The molecule has 5 heteroatoms. The van der Waals surface area contributed by atoms with Crippen molar-refractivity contribution in [3.05, 3.63) is 64.7 Å². The predicted molar refractivity (Wildman–Crippen MR) is 87.4 cm³/mol. The number of benzene rings is 1. The highest BCUT2D eigenvalue weighted by atomic mass is 16.2. The lowest BCUT2D eigenvalue weighted by Gasteiger charge is -2.18. The van der Waals surface area contributed by atoms with Crippen LogP contribution in [0.3, 0.4) is 0 Å². The van der Waals surface area contributed by atoms with E-state index in [9.17, 15) is 9.59 Å². The summed E-state index contributed by atoms with van der Waals surface area (Å²) >= 11 is 0. The minimum absolute atomic E-state index is 0.114. The molecule has 0 bridgehead atoms. The summed E-state index contributed by atoms with van der Waals surface area (Å²) in [5, 5.41) is 0.550. The van der Waals surface area contributed by atoms with Gasteiger partial charge in [0, 0.05) is 12.6 Å². The number of rotatable bonds is 5. The Kier molecular flexibility index (Phi) is 5.25. The number of hydrogen-bond acceptors (Lipinski definition) is 3.